The van der Waals surface area contributed by atoms with Crippen molar-refractivity contribution in [1.82, 2.24) is 0 Å². The van der Waals surface area contributed by atoms with Crippen molar-refractivity contribution in [3.8, 4) is 0 Å². The monoisotopic (exact) mass is 438 g/mol. The summed E-state index contributed by atoms with van der Waals surface area (Å²) in [4.78, 5) is 12.2. The molecule has 0 aromatic rings. The molecule has 31 heavy (non-hydrogen) atoms. The van der Waals surface area contributed by atoms with E-state index in [0.717, 1.165) is 38.5 Å². The van der Waals surface area contributed by atoms with E-state index in [2.05, 4.69) is 20.8 Å². The van der Waals surface area contributed by atoms with E-state index in [9.17, 15) is 9.90 Å². The van der Waals surface area contributed by atoms with Gasteiger partial charge in [-0.1, -0.05) is 156 Å². The first kappa shape index (κ1) is 30.5. The summed E-state index contributed by atoms with van der Waals surface area (Å²) in [6, 6.07) is 0. The van der Waals surface area contributed by atoms with Crippen LogP contribution >= 0.6 is 0 Å². The molecule has 0 aromatic heterocycles. The second-order valence-electron chi connectivity index (χ2n) is 10.2. The highest BCUT2D eigenvalue weighted by Crippen LogP contribution is 2.37. The van der Waals surface area contributed by atoms with Crippen LogP contribution in [0, 0.1) is 5.41 Å². The topological polar surface area (TPSA) is 37.3 Å². The van der Waals surface area contributed by atoms with Gasteiger partial charge in [0.1, 0.15) is 0 Å². The first-order chi connectivity index (χ1) is 15.1. The zero-order chi connectivity index (χ0) is 23.0. The molecule has 0 rings (SSSR count). The van der Waals surface area contributed by atoms with Crippen LogP contribution < -0.4 is 0 Å². The zero-order valence-electron chi connectivity index (χ0n) is 21.8. The quantitative estimate of drug-likeness (QED) is 0.144. The molecule has 0 aromatic carbocycles. The van der Waals surface area contributed by atoms with E-state index in [1.54, 1.807) is 0 Å². The summed E-state index contributed by atoms with van der Waals surface area (Å²) >= 11 is 0. The van der Waals surface area contributed by atoms with E-state index in [1.165, 1.54) is 116 Å². The lowest BCUT2D eigenvalue weighted by Crippen LogP contribution is -2.31. The van der Waals surface area contributed by atoms with Gasteiger partial charge in [-0.25, -0.2) is 0 Å². The van der Waals surface area contributed by atoms with Crippen LogP contribution in [0.2, 0.25) is 0 Å². The van der Waals surface area contributed by atoms with Crippen molar-refractivity contribution in [3.63, 3.8) is 0 Å². The average molecular weight is 439 g/mol. The van der Waals surface area contributed by atoms with Gasteiger partial charge in [0.05, 0.1) is 5.41 Å². The molecule has 0 bridgehead atoms. The molecule has 0 amide bonds. The van der Waals surface area contributed by atoms with Gasteiger partial charge in [-0.3, -0.25) is 4.79 Å². The fraction of sp³-hybridized carbons (Fsp3) is 0.966. The van der Waals surface area contributed by atoms with Gasteiger partial charge < -0.3 is 5.11 Å². The Bertz CT molecular complexity index is 379. The van der Waals surface area contributed by atoms with E-state index in [0.29, 0.717) is 0 Å². The van der Waals surface area contributed by atoms with Crippen LogP contribution in [0.15, 0.2) is 0 Å². The van der Waals surface area contributed by atoms with E-state index in [1.807, 2.05) is 0 Å². The fourth-order valence-corrected chi connectivity index (χ4v) is 4.96. The van der Waals surface area contributed by atoms with Crippen LogP contribution in [0.5, 0.6) is 0 Å². The molecule has 0 aliphatic carbocycles. The molecule has 0 saturated carbocycles. The predicted molar refractivity (Wildman–Crippen MR) is 138 cm³/mol. The third-order valence-electron chi connectivity index (χ3n) is 7.23. The number of carboxylic acid groups (broad SMARTS) is 1. The molecule has 2 heteroatoms. The molecule has 0 aliphatic rings. The molecule has 0 spiro atoms. The standard InChI is InChI=1S/C29H58O2/c1-4-7-10-12-13-14-15-16-17-18-19-20-21-24-27-29(28(30)31,25-22-9-6-3)26-23-11-8-5-2/h4-27H2,1-3H3,(H,30,31). The Morgan fingerprint density at radius 2 is 0.677 bits per heavy atom. The molecule has 1 unspecified atom stereocenters. The number of hydrogen-bond acceptors (Lipinski definition) is 1. The normalized spacial score (nSPS) is 13.4. The smallest absolute Gasteiger partial charge is 0.309 e. The van der Waals surface area contributed by atoms with Gasteiger partial charge in [-0.05, 0) is 19.3 Å². The number of hydrogen-bond donors (Lipinski definition) is 1. The third-order valence-corrected chi connectivity index (χ3v) is 7.23. The Balaban J connectivity index is 3.95. The Morgan fingerprint density at radius 3 is 1.00 bits per heavy atom. The molecule has 0 radical (unpaired) electrons. The van der Waals surface area contributed by atoms with Crippen molar-refractivity contribution in [1.29, 1.82) is 0 Å². The second-order valence-corrected chi connectivity index (χ2v) is 10.2. The number of aliphatic carboxylic acids is 1. The summed E-state index contributed by atoms with van der Waals surface area (Å²) < 4.78 is 0. The summed E-state index contributed by atoms with van der Waals surface area (Å²) in [5.74, 6) is -0.519. The van der Waals surface area contributed by atoms with Gasteiger partial charge in [0.2, 0.25) is 0 Å². The van der Waals surface area contributed by atoms with Crippen LogP contribution in [0.3, 0.4) is 0 Å². The van der Waals surface area contributed by atoms with Gasteiger partial charge in [0, 0.05) is 0 Å². The van der Waals surface area contributed by atoms with Crippen molar-refractivity contribution in [2.24, 2.45) is 5.41 Å². The second kappa shape index (κ2) is 22.7. The van der Waals surface area contributed by atoms with Crippen LogP contribution in [0.25, 0.3) is 0 Å². The largest absolute Gasteiger partial charge is 0.481 e. The van der Waals surface area contributed by atoms with Crippen LogP contribution in [-0.2, 0) is 4.79 Å². The zero-order valence-corrected chi connectivity index (χ0v) is 21.8. The highest BCUT2D eigenvalue weighted by molar-refractivity contribution is 5.74. The molecular formula is C29H58O2. The average Bonchev–Trinajstić information content (AvgIpc) is 2.76. The number of carboxylic acids is 1. The highest BCUT2D eigenvalue weighted by Gasteiger charge is 2.36. The summed E-state index contributed by atoms with van der Waals surface area (Å²) in [5, 5.41) is 10.1. The van der Waals surface area contributed by atoms with Crippen LogP contribution in [-0.4, -0.2) is 11.1 Å². The maximum absolute atomic E-state index is 12.2. The highest BCUT2D eigenvalue weighted by atomic mass is 16.4. The van der Waals surface area contributed by atoms with Crippen LogP contribution in [0.4, 0.5) is 0 Å². The van der Waals surface area contributed by atoms with Crippen molar-refractivity contribution < 1.29 is 9.90 Å². The Morgan fingerprint density at radius 1 is 0.452 bits per heavy atom. The molecule has 0 heterocycles. The molecule has 186 valence electrons. The number of rotatable bonds is 25. The molecule has 0 saturated heterocycles. The van der Waals surface area contributed by atoms with Gasteiger partial charge in [0.25, 0.3) is 0 Å². The maximum Gasteiger partial charge on any atom is 0.309 e. The molecular weight excluding hydrogens is 380 g/mol. The van der Waals surface area contributed by atoms with Crippen molar-refractivity contribution in [2.45, 2.75) is 175 Å². The van der Waals surface area contributed by atoms with E-state index in [-0.39, 0.29) is 0 Å². The number of carbonyl (C=O) groups is 1. The molecule has 1 atom stereocenters. The van der Waals surface area contributed by atoms with Gasteiger partial charge in [-0.15, -0.1) is 0 Å². The van der Waals surface area contributed by atoms with Gasteiger partial charge in [-0.2, -0.15) is 0 Å². The van der Waals surface area contributed by atoms with E-state index >= 15 is 0 Å². The lowest BCUT2D eigenvalue weighted by Gasteiger charge is -2.30. The minimum atomic E-state index is -0.519. The Kier molecular flexibility index (Phi) is 22.3. The van der Waals surface area contributed by atoms with Crippen LogP contribution in [0.1, 0.15) is 175 Å². The van der Waals surface area contributed by atoms with E-state index in [4.69, 9.17) is 0 Å². The maximum atomic E-state index is 12.2. The fourth-order valence-electron chi connectivity index (χ4n) is 4.96. The summed E-state index contributed by atoms with van der Waals surface area (Å²) in [6.07, 6.45) is 29.8. The molecule has 0 fully saturated rings. The SMILES string of the molecule is CCCCCCCCCCCCCCCCC(CCCCC)(CCCCCC)C(=O)O. The minimum absolute atomic E-state index is 0.444. The lowest BCUT2D eigenvalue weighted by atomic mass is 9.74. The van der Waals surface area contributed by atoms with Crippen molar-refractivity contribution in [2.75, 3.05) is 0 Å². The Labute approximate surface area is 196 Å². The predicted octanol–water partition coefficient (Wildman–Crippen LogP) is 10.5. The summed E-state index contributed by atoms with van der Waals surface area (Å²) in [7, 11) is 0. The molecule has 1 N–H and O–H groups in total. The van der Waals surface area contributed by atoms with Gasteiger partial charge in [0.15, 0.2) is 0 Å². The third kappa shape index (κ3) is 17.7. The summed E-state index contributed by atoms with van der Waals surface area (Å²) in [6.45, 7) is 6.71. The van der Waals surface area contributed by atoms with Crippen molar-refractivity contribution >= 4 is 5.97 Å². The lowest BCUT2D eigenvalue weighted by molar-refractivity contribution is -0.150. The van der Waals surface area contributed by atoms with E-state index < -0.39 is 11.4 Å². The molecule has 0 aliphatic heterocycles. The Hall–Kier alpha value is -0.530. The first-order valence-corrected chi connectivity index (χ1v) is 14.4. The van der Waals surface area contributed by atoms with Crippen molar-refractivity contribution in [3.05, 3.63) is 0 Å². The number of unbranched alkanes of at least 4 members (excludes halogenated alkanes) is 18. The first-order valence-electron chi connectivity index (χ1n) is 14.4. The molecule has 2 nitrogen and oxygen atoms in total. The van der Waals surface area contributed by atoms with Gasteiger partial charge >= 0.3 is 5.97 Å². The summed E-state index contributed by atoms with van der Waals surface area (Å²) in [5.41, 5.74) is -0.444. The minimum Gasteiger partial charge on any atom is -0.481 e.